The molecule has 3 heteroatoms. The summed E-state index contributed by atoms with van der Waals surface area (Å²) >= 11 is 0. The number of rotatable bonds is 6. The molecule has 1 aromatic carbocycles. The number of hydrogen-bond acceptors (Lipinski definition) is 3. The van der Waals surface area contributed by atoms with Crippen molar-refractivity contribution >= 4 is 5.78 Å². The molecule has 0 saturated heterocycles. The summed E-state index contributed by atoms with van der Waals surface area (Å²) in [5.41, 5.74) is 0.674. The first-order valence-electron chi connectivity index (χ1n) is 7.13. The summed E-state index contributed by atoms with van der Waals surface area (Å²) in [6.45, 7) is 8.42. The second-order valence-electron chi connectivity index (χ2n) is 5.36. The molecule has 0 fully saturated rings. The molecule has 1 rings (SSSR count). The molecule has 0 atom stereocenters. The van der Waals surface area contributed by atoms with E-state index in [2.05, 4.69) is 32.6 Å². The van der Waals surface area contributed by atoms with Crippen LogP contribution in [0.25, 0.3) is 0 Å². The molecule has 21 heavy (non-hydrogen) atoms. The highest BCUT2D eigenvalue weighted by Crippen LogP contribution is 2.09. The smallest absolute Gasteiger partial charge is 0.203 e. The molecule has 0 bridgehead atoms. The molecular weight excluding hydrogens is 260 g/mol. The van der Waals surface area contributed by atoms with E-state index >= 15 is 0 Å². The van der Waals surface area contributed by atoms with Crippen LogP contribution in [0, 0.1) is 11.3 Å². The van der Waals surface area contributed by atoms with Crippen molar-refractivity contribution in [1.82, 2.24) is 4.90 Å². The minimum atomic E-state index is -0.247. The van der Waals surface area contributed by atoms with Crippen molar-refractivity contribution in [2.45, 2.75) is 39.8 Å². The number of allylic oxidation sites excluding steroid dienone is 3. The predicted molar refractivity (Wildman–Crippen MR) is 85.7 cm³/mol. The Morgan fingerprint density at radius 2 is 1.71 bits per heavy atom. The number of ketones is 1. The maximum Gasteiger partial charge on any atom is 0.203 e. The van der Waals surface area contributed by atoms with Gasteiger partial charge in [0.05, 0.1) is 5.57 Å². The number of hydrogen-bond donors (Lipinski definition) is 0. The van der Waals surface area contributed by atoms with Crippen LogP contribution in [-0.2, 0) is 0 Å². The Kier molecular flexibility index (Phi) is 6.42. The number of nitriles is 1. The van der Waals surface area contributed by atoms with Crippen molar-refractivity contribution < 1.29 is 4.79 Å². The molecule has 1 aromatic rings. The van der Waals surface area contributed by atoms with E-state index in [9.17, 15) is 4.79 Å². The lowest BCUT2D eigenvalue weighted by Crippen LogP contribution is -2.31. The Morgan fingerprint density at radius 1 is 1.14 bits per heavy atom. The molecule has 0 aliphatic heterocycles. The van der Waals surface area contributed by atoms with Gasteiger partial charge in [-0.15, -0.1) is 0 Å². The number of benzene rings is 1. The second-order valence-corrected chi connectivity index (χ2v) is 5.36. The van der Waals surface area contributed by atoms with E-state index in [0.29, 0.717) is 17.6 Å². The monoisotopic (exact) mass is 282 g/mol. The Morgan fingerprint density at radius 3 is 2.19 bits per heavy atom. The van der Waals surface area contributed by atoms with Crippen LogP contribution in [0.1, 0.15) is 38.1 Å². The molecule has 0 aromatic heterocycles. The first-order chi connectivity index (χ1) is 9.97. The summed E-state index contributed by atoms with van der Waals surface area (Å²) in [6, 6.07) is 11.6. The van der Waals surface area contributed by atoms with Gasteiger partial charge in [0.25, 0.3) is 0 Å². The fourth-order valence-corrected chi connectivity index (χ4v) is 2.09. The number of Topliss-reactive ketones (excluding diaryl/α,β-unsaturated/α-hetero) is 1. The van der Waals surface area contributed by atoms with Gasteiger partial charge in [-0.3, -0.25) is 4.79 Å². The van der Waals surface area contributed by atoms with Gasteiger partial charge in [-0.1, -0.05) is 30.3 Å². The summed E-state index contributed by atoms with van der Waals surface area (Å²) < 4.78 is 0. The van der Waals surface area contributed by atoms with Gasteiger partial charge in [0.15, 0.2) is 0 Å². The van der Waals surface area contributed by atoms with Crippen LogP contribution in [-0.4, -0.2) is 22.8 Å². The lowest BCUT2D eigenvalue weighted by atomic mass is 10.0. The molecule has 0 heterocycles. The van der Waals surface area contributed by atoms with E-state index in [1.165, 1.54) is 0 Å². The van der Waals surface area contributed by atoms with Crippen molar-refractivity contribution in [3.05, 3.63) is 59.8 Å². The van der Waals surface area contributed by atoms with Crippen LogP contribution >= 0.6 is 0 Å². The molecule has 0 amide bonds. The Bertz CT molecular complexity index is 555. The minimum Gasteiger partial charge on any atom is -0.373 e. The topological polar surface area (TPSA) is 44.1 Å². The lowest BCUT2D eigenvalue weighted by molar-refractivity contribution is 0.103. The normalized spacial score (nSPS) is 12.0. The van der Waals surface area contributed by atoms with Crippen molar-refractivity contribution in [3.63, 3.8) is 0 Å². The van der Waals surface area contributed by atoms with Gasteiger partial charge in [0.1, 0.15) is 6.07 Å². The predicted octanol–water partition coefficient (Wildman–Crippen LogP) is 3.95. The van der Waals surface area contributed by atoms with Crippen LogP contribution < -0.4 is 0 Å². The zero-order chi connectivity index (χ0) is 15.8. The Labute approximate surface area is 127 Å². The quantitative estimate of drug-likeness (QED) is 0.343. The molecule has 0 N–H and O–H groups in total. The van der Waals surface area contributed by atoms with Crippen molar-refractivity contribution in [2.75, 3.05) is 0 Å². The zero-order valence-electron chi connectivity index (χ0n) is 13.1. The third-order valence-electron chi connectivity index (χ3n) is 3.11. The average Bonchev–Trinajstić information content (AvgIpc) is 2.47. The molecule has 0 radical (unpaired) electrons. The number of carbonyl (C=O) groups excluding carboxylic acids is 1. The molecule has 0 aliphatic rings. The number of carbonyl (C=O) groups is 1. The van der Waals surface area contributed by atoms with Gasteiger partial charge in [0.2, 0.25) is 5.78 Å². The third-order valence-corrected chi connectivity index (χ3v) is 3.11. The molecule has 0 spiro atoms. The molecule has 3 nitrogen and oxygen atoms in total. The van der Waals surface area contributed by atoms with Crippen LogP contribution in [0.15, 0.2) is 54.3 Å². The van der Waals surface area contributed by atoms with Crippen molar-refractivity contribution in [2.24, 2.45) is 0 Å². The molecule has 0 saturated carbocycles. The third kappa shape index (κ3) is 4.92. The fraction of sp³-hybridized carbons (Fsp3) is 0.333. The maximum atomic E-state index is 12.2. The van der Waals surface area contributed by atoms with Crippen LogP contribution in [0.3, 0.4) is 0 Å². The van der Waals surface area contributed by atoms with Crippen LogP contribution in [0.2, 0.25) is 0 Å². The molecule has 110 valence electrons. The number of nitrogens with zero attached hydrogens (tertiary/aromatic N) is 2. The maximum absolute atomic E-state index is 12.2. The van der Waals surface area contributed by atoms with E-state index in [-0.39, 0.29) is 11.4 Å². The SMILES string of the molecule is CC(C)N(/C=C/C=C(\C#N)C(=O)c1ccccc1)C(C)C. The lowest BCUT2D eigenvalue weighted by Gasteiger charge is -2.28. The van der Waals surface area contributed by atoms with Gasteiger partial charge >= 0.3 is 0 Å². The van der Waals surface area contributed by atoms with Crippen molar-refractivity contribution in [3.8, 4) is 6.07 Å². The van der Waals surface area contributed by atoms with Gasteiger partial charge in [-0.2, -0.15) is 5.26 Å². The molecule has 0 unspecified atom stereocenters. The van der Waals surface area contributed by atoms with Crippen LogP contribution in [0.4, 0.5) is 0 Å². The summed E-state index contributed by atoms with van der Waals surface area (Å²) in [5.74, 6) is -0.247. The first-order valence-corrected chi connectivity index (χ1v) is 7.13. The summed E-state index contributed by atoms with van der Waals surface area (Å²) in [5, 5.41) is 9.15. The average molecular weight is 282 g/mol. The highest BCUT2D eigenvalue weighted by molar-refractivity contribution is 6.11. The highest BCUT2D eigenvalue weighted by Gasteiger charge is 2.11. The largest absolute Gasteiger partial charge is 0.373 e. The van der Waals surface area contributed by atoms with Crippen LogP contribution in [0.5, 0.6) is 0 Å². The molecular formula is C18H22N2O. The van der Waals surface area contributed by atoms with E-state index in [1.807, 2.05) is 18.3 Å². The Hall–Kier alpha value is -2.34. The van der Waals surface area contributed by atoms with E-state index < -0.39 is 0 Å². The summed E-state index contributed by atoms with van der Waals surface area (Å²) in [4.78, 5) is 14.3. The zero-order valence-corrected chi connectivity index (χ0v) is 13.1. The first kappa shape index (κ1) is 16.7. The van der Waals surface area contributed by atoms with Gasteiger partial charge < -0.3 is 4.90 Å². The summed E-state index contributed by atoms with van der Waals surface area (Å²) in [7, 11) is 0. The van der Waals surface area contributed by atoms with E-state index in [1.54, 1.807) is 36.4 Å². The van der Waals surface area contributed by atoms with Gasteiger partial charge in [-0.05, 0) is 46.0 Å². The van der Waals surface area contributed by atoms with Gasteiger partial charge in [0, 0.05) is 17.6 Å². The second kappa shape index (κ2) is 8.06. The highest BCUT2D eigenvalue weighted by atomic mass is 16.1. The van der Waals surface area contributed by atoms with E-state index in [0.717, 1.165) is 0 Å². The van der Waals surface area contributed by atoms with E-state index in [4.69, 9.17) is 5.26 Å². The standard InChI is InChI=1S/C18H22N2O/c1-14(2)20(15(3)4)12-8-11-17(13-19)18(21)16-9-6-5-7-10-16/h5-12,14-15H,1-4H3/b12-8+,17-11+. The van der Waals surface area contributed by atoms with Crippen molar-refractivity contribution in [1.29, 1.82) is 5.26 Å². The van der Waals surface area contributed by atoms with Gasteiger partial charge in [-0.25, -0.2) is 0 Å². The minimum absolute atomic E-state index is 0.143. The Balaban J connectivity index is 2.91. The summed E-state index contributed by atoms with van der Waals surface area (Å²) in [6.07, 6.45) is 5.26. The fourth-order valence-electron chi connectivity index (χ4n) is 2.09. The molecule has 0 aliphatic carbocycles.